The minimum absolute atomic E-state index is 0.0374. The fourth-order valence-corrected chi connectivity index (χ4v) is 4.66. The Morgan fingerprint density at radius 1 is 1.10 bits per heavy atom. The van der Waals surface area contributed by atoms with Crippen molar-refractivity contribution in [2.45, 2.75) is 19.9 Å². The minimum Gasteiger partial charge on any atom is -0.492 e. The van der Waals surface area contributed by atoms with E-state index in [2.05, 4.69) is 15.0 Å². The number of benzene rings is 2. The number of methoxy groups -OCH3 is 1. The Bertz CT molecular complexity index is 1590. The van der Waals surface area contributed by atoms with Gasteiger partial charge in [-0.15, -0.1) is 0 Å². The van der Waals surface area contributed by atoms with E-state index >= 15 is 0 Å². The molecule has 0 saturated carbocycles. The number of ether oxygens (including phenoxy) is 2. The van der Waals surface area contributed by atoms with Gasteiger partial charge in [0.2, 0.25) is 16.6 Å². The fourth-order valence-electron chi connectivity index (χ4n) is 4.16. The molecule has 0 saturated heterocycles. The van der Waals surface area contributed by atoms with Crippen LogP contribution in [0.15, 0.2) is 59.0 Å². The molecule has 2 aromatic carbocycles. The standard InChI is InChI=1S/C28H28FN3O7S/c1-4-17-15-22-24(26(33)30-2)25(18-5-9-20(29)10-6-18)39-27(22)31-23(17)16-32(40(35)36)13-14-38-21-11-7-19(8-12-21)28(34)37-3/h5-12,15,40H,4,13-14,16H2,1-3H3,(H,30,33). The molecule has 0 atom stereocenters. The van der Waals surface area contributed by atoms with Gasteiger partial charge in [-0.25, -0.2) is 22.6 Å². The van der Waals surface area contributed by atoms with Gasteiger partial charge in [-0.05, 0) is 66.6 Å². The molecule has 0 spiro atoms. The molecule has 0 aliphatic heterocycles. The van der Waals surface area contributed by atoms with Crippen molar-refractivity contribution in [3.8, 4) is 17.1 Å². The van der Waals surface area contributed by atoms with Gasteiger partial charge < -0.3 is 19.2 Å². The van der Waals surface area contributed by atoms with Gasteiger partial charge in [0.1, 0.15) is 23.9 Å². The van der Waals surface area contributed by atoms with Gasteiger partial charge in [0.05, 0.1) is 35.9 Å². The maximum atomic E-state index is 13.5. The zero-order chi connectivity index (χ0) is 28.8. The van der Waals surface area contributed by atoms with Crippen molar-refractivity contribution in [3.05, 3.63) is 82.8 Å². The van der Waals surface area contributed by atoms with Crippen LogP contribution in [0.1, 0.15) is 38.9 Å². The van der Waals surface area contributed by atoms with Crippen LogP contribution < -0.4 is 10.1 Å². The highest BCUT2D eigenvalue weighted by Crippen LogP contribution is 2.34. The number of carbonyl (C=O) groups is 2. The van der Waals surface area contributed by atoms with E-state index in [1.807, 2.05) is 6.92 Å². The first-order valence-corrected chi connectivity index (χ1v) is 13.5. The highest BCUT2D eigenvalue weighted by Gasteiger charge is 2.24. The van der Waals surface area contributed by atoms with E-state index in [0.29, 0.717) is 34.4 Å². The summed E-state index contributed by atoms with van der Waals surface area (Å²) in [4.78, 5) is 29.0. The van der Waals surface area contributed by atoms with Crippen molar-refractivity contribution in [1.29, 1.82) is 0 Å². The van der Waals surface area contributed by atoms with Crippen molar-refractivity contribution >= 4 is 33.9 Å². The number of halogens is 1. The number of hydrogen-bond donors (Lipinski definition) is 2. The average molecular weight is 570 g/mol. The molecule has 10 nitrogen and oxygen atoms in total. The average Bonchev–Trinajstić information content (AvgIpc) is 3.34. The fraction of sp³-hybridized carbons (Fsp3) is 0.250. The summed E-state index contributed by atoms with van der Waals surface area (Å²) in [6.07, 6.45) is 0.523. The van der Waals surface area contributed by atoms with Gasteiger partial charge in [-0.2, -0.15) is 4.31 Å². The number of rotatable bonds is 11. The van der Waals surface area contributed by atoms with Crippen molar-refractivity contribution in [2.24, 2.45) is 0 Å². The summed E-state index contributed by atoms with van der Waals surface area (Å²) in [5.41, 5.74) is 2.50. The van der Waals surface area contributed by atoms with E-state index in [9.17, 15) is 22.4 Å². The molecule has 12 heteroatoms. The van der Waals surface area contributed by atoms with Gasteiger partial charge >= 0.3 is 5.97 Å². The first-order valence-electron chi connectivity index (χ1n) is 12.4. The maximum Gasteiger partial charge on any atom is 0.337 e. The summed E-state index contributed by atoms with van der Waals surface area (Å²) in [7, 11) is -0.189. The van der Waals surface area contributed by atoms with Gasteiger partial charge in [0, 0.05) is 19.2 Å². The number of carbonyl (C=O) groups excluding carboxylic acids is 2. The molecule has 0 radical (unpaired) electrons. The Hall–Kier alpha value is -4.29. The monoisotopic (exact) mass is 569 g/mol. The van der Waals surface area contributed by atoms with Crippen LogP contribution in [0.25, 0.3) is 22.4 Å². The van der Waals surface area contributed by atoms with Gasteiger partial charge in [0.15, 0.2) is 0 Å². The number of amides is 1. The number of furan rings is 1. The van der Waals surface area contributed by atoms with Gasteiger partial charge in [0.25, 0.3) is 5.91 Å². The summed E-state index contributed by atoms with van der Waals surface area (Å²) >= 11 is 0. The second-order valence-electron chi connectivity index (χ2n) is 8.68. The van der Waals surface area contributed by atoms with E-state index in [4.69, 9.17) is 9.15 Å². The molecule has 1 amide bonds. The molecule has 210 valence electrons. The number of thiol groups is 1. The van der Waals surface area contributed by atoms with Gasteiger partial charge in [-0.3, -0.25) is 4.79 Å². The third-order valence-corrected chi connectivity index (χ3v) is 7.05. The second-order valence-corrected chi connectivity index (χ2v) is 9.72. The molecular weight excluding hydrogens is 541 g/mol. The molecule has 0 aliphatic rings. The maximum absolute atomic E-state index is 13.5. The molecule has 0 unspecified atom stereocenters. The first-order chi connectivity index (χ1) is 19.2. The Morgan fingerprint density at radius 3 is 2.40 bits per heavy atom. The molecule has 40 heavy (non-hydrogen) atoms. The number of aryl methyl sites for hydroxylation is 1. The lowest BCUT2D eigenvalue weighted by Gasteiger charge is -2.17. The van der Waals surface area contributed by atoms with Crippen LogP contribution in [0.5, 0.6) is 5.75 Å². The third kappa shape index (κ3) is 6.29. The predicted molar refractivity (Wildman–Crippen MR) is 146 cm³/mol. The molecule has 1 N–H and O–H groups in total. The Balaban J connectivity index is 1.59. The second kappa shape index (κ2) is 12.7. The van der Waals surface area contributed by atoms with Gasteiger partial charge in [-0.1, -0.05) is 6.92 Å². The van der Waals surface area contributed by atoms with Crippen LogP contribution in [0, 0.1) is 5.82 Å². The van der Waals surface area contributed by atoms with Crippen LogP contribution in [0.4, 0.5) is 4.39 Å². The van der Waals surface area contributed by atoms with Crippen molar-refractivity contribution in [3.63, 3.8) is 0 Å². The number of pyridine rings is 1. The lowest BCUT2D eigenvalue weighted by molar-refractivity contribution is 0.0600. The van der Waals surface area contributed by atoms with E-state index in [-0.39, 0.29) is 36.7 Å². The molecule has 4 rings (SSSR count). The number of esters is 1. The summed E-state index contributed by atoms with van der Waals surface area (Å²) < 4.78 is 55.2. The lowest BCUT2D eigenvalue weighted by atomic mass is 10.0. The number of nitrogens with zero attached hydrogens (tertiary/aromatic N) is 2. The quantitative estimate of drug-likeness (QED) is 0.207. The summed E-state index contributed by atoms with van der Waals surface area (Å²) in [6.45, 7) is 1.96. The predicted octanol–water partition coefficient (Wildman–Crippen LogP) is 3.75. The summed E-state index contributed by atoms with van der Waals surface area (Å²) in [5, 5.41) is 3.07. The van der Waals surface area contributed by atoms with E-state index < -0.39 is 28.6 Å². The summed E-state index contributed by atoms with van der Waals surface area (Å²) in [5.74, 6) is -0.589. The van der Waals surface area contributed by atoms with E-state index in [1.54, 1.807) is 30.3 Å². The van der Waals surface area contributed by atoms with Crippen molar-refractivity contribution in [1.82, 2.24) is 14.6 Å². The highest BCUT2D eigenvalue weighted by molar-refractivity contribution is 7.69. The van der Waals surface area contributed by atoms with E-state index in [1.165, 1.54) is 42.7 Å². The molecule has 2 heterocycles. The molecule has 0 fully saturated rings. The Kier molecular flexibility index (Phi) is 9.12. The van der Waals surface area contributed by atoms with Crippen molar-refractivity contribution < 1.29 is 36.3 Å². The SMILES string of the molecule is CCc1cc2c(C(=O)NC)c(-c3ccc(F)cc3)oc2nc1CN(CCOc1ccc(C(=O)OC)cc1)[SH](=O)=O. The molecule has 2 aromatic heterocycles. The smallest absolute Gasteiger partial charge is 0.337 e. The zero-order valence-electron chi connectivity index (χ0n) is 22.1. The molecule has 0 aliphatic carbocycles. The number of nitrogens with one attached hydrogen (secondary N) is 1. The van der Waals surface area contributed by atoms with Crippen LogP contribution >= 0.6 is 0 Å². The topological polar surface area (TPSA) is 128 Å². The molecular formula is C28H28FN3O7S. The first kappa shape index (κ1) is 28.7. The Labute approximate surface area is 231 Å². The lowest BCUT2D eigenvalue weighted by Crippen LogP contribution is -2.27. The highest BCUT2D eigenvalue weighted by atomic mass is 32.2. The normalized spacial score (nSPS) is 11.2. The largest absolute Gasteiger partial charge is 0.492 e. The van der Waals surface area contributed by atoms with Crippen LogP contribution in [0.2, 0.25) is 0 Å². The summed E-state index contributed by atoms with van der Waals surface area (Å²) in [6, 6.07) is 13.6. The minimum atomic E-state index is -2.98. The van der Waals surface area contributed by atoms with Crippen LogP contribution in [-0.4, -0.2) is 56.9 Å². The number of fused-ring (bicyclic) bond motifs is 1. The third-order valence-electron chi connectivity index (χ3n) is 6.25. The van der Waals surface area contributed by atoms with Crippen molar-refractivity contribution in [2.75, 3.05) is 27.3 Å². The molecule has 4 aromatic rings. The zero-order valence-corrected chi connectivity index (χ0v) is 23.0. The van der Waals surface area contributed by atoms with Crippen LogP contribution in [0.3, 0.4) is 0 Å². The van der Waals surface area contributed by atoms with Crippen LogP contribution in [-0.2, 0) is 28.6 Å². The number of aromatic nitrogens is 1. The number of hydrogen-bond acceptors (Lipinski definition) is 8. The Morgan fingerprint density at radius 2 is 1.80 bits per heavy atom. The van der Waals surface area contributed by atoms with E-state index in [0.717, 1.165) is 5.56 Å². The molecule has 0 bridgehead atoms.